The van der Waals surface area contributed by atoms with E-state index in [1.54, 1.807) is 42.0 Å². The first-order chi connectivity index (χ1) is 14.9. The van der Waals surface area contributed by atoms with Crippen molar-refractivity contribution >= 4 is 35.2 Å². The molecular formula is C26H31AsClNO3. The van der Waals surface area contributed by atoms with Gasteiger partial charge in [0.05, 0.1) is 0 Å². The number of nitrogens with one attached hydrogen (secondary N) is 1. The number of carbonyl (C=O) groups excluding carboxylic acids is 1. The van der Waals surface area contributed by atoms with Crippen LogP contribution < -0.4 is 5.32 Å². The Morgan fingerprint density at radius 1 is 0.906 bits per heavy atom. The molecule has 0 heterocycles. The van der Waals surface area contributed by atoms with E-state index in [1.165, 1.54) is 5.56 Å². The van der Waals surface area contributed by atoms with E-state index in [9.17, 15) is 15.0 Å². The van der Waals surface area contributed by atoms with Crippen LogP contribution in [0.3, 0.4) is 0 Å². The number of amides is 1. The molecule has 3 N–H and O–H groups in total. The van der Waals surface area contributed by atoms with Crippen molar-refractivity contribution < 1.29 is 15.0 Å². The smallest absolute Gasteiger partial charge is 0.147 e. The molecule has 0 aliphatic heterocycles. The Bertz CT molecular complexity index is 985. The standard InChI is InChI=1S/C26H30AsNO3.ClH/c1-18-22(13-8-14-24(18)29)26(31)28-23(16-20-11-6-3-7-12-20)25(30)17-21(27)15-19-9-4-2-5-10-19;/h2-14,21,23,25,29-30H,15-17,27H2,1H3,(H,28,31);1H/t21-,23-,25-;/m0./s1. The summed E-state index contributed by atoms with van der Waals surface area (Å²) < 4.78 is 0.322. The van der Waals surface area contributed by atoms with Crippen LogP contribution in [0, 0.1) is 6.92 Å². The van der Waals surface area contributed by atoms with Gasteiger partial charge in [0.15, 0.2) is 0 Å². The molecule has 0 spiro atoms. The molecule has 4 atom stereocenters. The Kier molecular flexibility index (Phi) is 10.3. The van der Waals surface area contributed by atoms with Gasteiger partial charge in [-0.25, -0.2) is 0 Å². The van der Waals surface area contributed by atoms with Gasteiger partial charge < -0.3 is 0 Å². The number of aliphatic hydroxyl groups excluding tert-OH is 1. The Hall–Kier alpha value is -2.26. The van der Waals surface area contributed by atoms with Gasteiger partial charge in [-0.15, -0.1) is 12.4 Å². The predicted molar refractivity (Wildman–Crippen MR) is 135 cm³/mol. The molecule has 0 aliphatic rings. The van der Waals surface area contributed by atoms with Gasteiger partial charge in [0.2, 0.25) is 0 Å². The minimum atomic E-state index is -0.678. The summed E-state index contributed by atoms with van der Waals surface area (Å²) >= 11 is 1.60. The molecule has 1 amide bonds. The van der Waals surface area contributed by atoms with Crippen LogP contribution in [0.4, 0.5) is 0 Å². The Balaban J connectivity index is 0.00000363. The number of phenolic OH excluding ortho intramolecular Hbond substituents is 1. The van der Waals surface area contributed by atoms with Gasteiger partial charge in [-0.2, -0.15) is 0 Å². The van der Waals surface area contributed by atoms with Gasteiger partial charge in [-0.05, 0) is 0 Å². The Morgan fingerprint density at radius 2 is 1.47 bits per heavy atom. The van der Waals surface area contributed by atoms with Crippen molar-refractivity contribution in [3.05, 3.63) is 101 Å². The van der Waals surface area contributed by atoms with E-state index >= 15 is 0 Å². The fourth-order valence-corrected chi connectivity index (χ4v) is 4.90. The van der Waals surface area contributed by atoms with E-state index in [1.807, 2.05) is 48.5 Å². The van der Waals surface area contributed by atoms with Gasteiger partial charge >= 0.3 is 193 Å². The second-order valence-electron chi connectivity index (χ2n) is 7.97. The summed E-state index contributed by atoms with van der Waals surface area (Å²) in [5.41, 5.74) is 3.27. The molecular weight excluding hydrogens is 485 g/mol. The van der Waals surface area contributed by atoms with Crippen molar-refractivity contribution in [1.82, 2.24) is 5.32 Å². The summed E-state index contributed by atoms with van der Waals surface area (Å²) in [6.07, 6.45) is 1.36. The quantitative estimate of drug-likeness (QED) is 0.379. The summed E-state index contributed by atoms with van der Waals surface area (Å²) in [5, 5.41) is 24.1. The van der Waals surface area contributed by atoms with Gasteiger partial charge in [0.1, 0.15) is 0 Å². The number of aliphatic hydroxyl groups is 1. The first-order valence-corrected chi connectivity index (χ1v) is 11.9. The fraction of sp³-hybridized carbons (Fsp3) is 0.269. The molecule has 3 aromatic rings. The molecule has 170 valence electrons. The molecule has 32 heavy (non-hydrogen) atoms. The number of rotatable bonds is 9. The first kappa shape index (κ1) is 26.0. The molecule has 0 aromatic heterocycles. The molecule has 0 saturated heterocycles. The van der Waals surface area contributed by atoms with E-state index in [-0.39, 0.29) is 24.1 Å². The van der Waals surface area contributed by atoms with Crippen LogP contribution in [0.15, 0.2) is 78.9 Å². The van der Waals surface area contributed by atoms with E-state index < -0.39 is 12.1 Å². The second-order valence-corrected chi connectivity index (χ2v) is 9.95. The van der Waals surface area contributed by atoms with E-state index in [2.05, 4.69) is 17.4 Å². The maximum Gasteiger partial charge on any atom is -0.147 e. The number of halogens is 1. The summed E-state index contributed by atoms with van der Waals surface area (Å²) in [6, 6.07) is 24.6. The van der Waals surface area contributed by atoms with Crippen LogP contribution in [0.5, 0.6) is 5.75 Å². The molecule has 1 unspecified atom stereocenters. The van der Waals surface area contributed by atoms with E-state index in [0.29, 0.717) is 28.7 Å². The van der Waals surface area contributed by atoms with Gasteiger partial charge in [0, 0.05) is 0 Å². The maximum absolute atomic E-state index is 13.0. The van der Waals surface area contributed by atoms with E-state index in [0.717, 1.165) is 12.0 Å². The number of aromatic hydroxyl groups is 1. The van der Waals surface area contributed by atoms with Crippen LogP contribution in [-0.4, -0.2) is 45.1 Å². The summed E-state index contributed by atoms with van der Waals surface area (Å²) in [6.45, 7) is 1.72. The molecule has 4 nitrogen and oxygen atoms in total. The van der Waals surface area contributed by atoms with Crippen LogP contribution in [0.2, 0.25) is 4.71 Å². The molecule has 0 bridgehead atoms. The zero-order valence-corrected chi connectivity index (χ0v) is 21.4. The number of benzene rings is 3. The van der Waals surface area contributed by atoms with E-state index in [4.69, 9.17) is 0 Å². The Labute approximate surface area is 205 Å². The SMILES string of the molecule is Cc1c(O)cccc1C(=O)N[C@@H](Cc1ccccc1)[C@@H](O)C[C@@H]([AsH2])Cc1ccccc1.Cl. The van der Waals surface area contributed by atoms with Crippen LogP contribution in [0.1, 0.15) is 33.5 Å². The molecule has 0 fully saturated rings. The molecule has 6 heteroatoms. The third-order valence-corrected chi connectivity index (χ3v) is 6.58. The topological polar surface area (TPSA) is 69.6 Å². The predicted octanol–water partition coefficient (Wildman–Crippen LogP) is 3.88. The van der Waals surface area contributed by atoms with Crippen molar-refractivity contribution in [2.24, 2.45) is 0 Å². The largest absolute Gasteiger partial charge is 0.147 e. The van der Waals surface area contributed by atoms with Crippen LogP contribution in [0.25, 0.3) is 0 Å². The number of hydrogen-bond donors (Lipinski definition) is 3. The van der Waals surface area contributed by atoms with Crippen molar-refractivity contribution in [3.8, 4) is 5.75 Å². The van der Waals surface area contributed by atoms with Crippen molar-refractivity contribution in [2.75, 3.05) is 0 Å². The van der Waals surface area contributed by atoms with Crippen LogP contribution in [-0.2, 0) is 12.8 Å². The van der Waals surface area contributed by atoms with Gasteiger partial charge in [0.25, 0.3) is 0 Å². The molecule has 0 radical (unpaired) electrons. The Morgan fingerprint density at radius 3 is 2.06 bits per heavy atom. The van der Waals surface area contributed by atoms with Crippen molar-refractivity contribution in [3.63, 3.8) is 0 Å². The van der Waals surface area contributed by atoms with Crippen molar-refractivity contribution in [1.29, 1.82) is 0 Å². The van der Waals surface area contributed by atoms with Gasteiger partial charge in [-0.3, -0.25) is 0 Å². The third-order valence-electron chi connectivity index (χ3n) is 5.51. The maximum atomic E-state index is 13.0. The zero-order valence-electron chi connectivity index (χ0n) is 18.1. The summed E-state index contributed by atoms with van der Waals surface area (Å²) in [7, 11) is 0. The second kappa shape index (κ2) is 12.7. The zero-order chi connectivity index (χ0) is 22.2. The first-order valence-electron chi connectivity index (χ1n) is 10.5. The molecule has 0 aliphatic carbocycles. The minimum absolute atomic E-state index is 0. The monoisotopic (exact) mass is 515 g/mol. The number of carbonyl (C=O) groups is 1. The molecule has 0 saturated carbocycles. The fourth-order valence-electron chi connectivity index (χ4n) is 3.74. The third kappa shape index (κ3) is 7.41. The van der Waals surface area contributed by atoms with Crippen molar-refractivity contribution in [2.45, 2.75) is 43.0 Å². The normalized spacial score (nSPS) is 13.5. The number of hydrogen-bond acceptors (Lipinski definition) is 3. The number of phenols is 1. The average molecular weight is 516 g/mol. The summed E-state index contributed by atoms with van der Waals surface area (Å²) in [5.74, 6) is -0.193. The average Bonchev–Trinajstić information content (AvgIpc) is 2.76. The summed E-state index contributed by atoms with van der Waals surface area (Å²) in [4.78, 5) is 13.0. The van der Waals surface area contributed by atoms with Crippen LogP contribution >= 0.6 is 12.4 Å². The van der Waals surface area contributed by atoms with Gasteiger partial charge in [-0.1, -0.05) is 0 Å². The molecule has 3 aromatic carbocycles. The molecule has 3 rings (SSSR count). The minimum Gasteiger partial charge on any atom is -0.147 e.